The Morgan fingerprint density at radius 2 is 1.87 bits per heavy atom. The maximum Gasteiger partial charge on any atom is 0.387 e. The van der Waals surface area contributed by atoms with E-state index in [4.69, 9.17) is 4.74 Å². The molecule has 0 spiro atoms. The fourth-order valence-corrected chi connectivity index (χ4v) is 4.03. The maximum absolute atomic E-state index is 13.5. The molecule has 0 atom stereocenters. The van der Waals surface area contributed by atoms with Gasteiger partial charge in [0.2, 0.25) is 5.56 Å². The summed E-state index contributed by atoms with van der Waals surface area (Å²) < 4.78 is 38.3. The van der Waals surface area contributed by atoms with E-state index in [1.54, 1.807) is 25.4 Å². The van der Waals surface area contributed by atoms with Gasteiger partial charge in [0.05, 0.1) is 22.6 Å². The van der Waals surface area contributed by atoms with Gasteiger partial charge in [-0.25, -0.2) is 0 Å². The van der Waals surface area contributed by atoms with Crippen molar-refractivity contribution in [2.24, 2.45) is 7.05 Å². The molecule has 0 saturated carbocycles. The summed E-state index contributed by atoms with van der Waals surface area (Å²) >= 11 is 1.28. The van der Waals surface area contributed by atoms with Crippen molar-refractivity contribution < 1.29 is 18.3 Å². The molecule has 4 aromatic rings. The number of hydrogen-bond acceptors (Lipinski definition) is 6. The summed E-state index contributed by atoms with van der Waals surface area (Å²) in [4.78, 5) is 29.6. The van der Waals surface area contributed by atoms with E-state index in [9.17, 15) is 18.4 Å². The zero-order valence-corrected chi connectivity index (χ0v) is 17.4. The van der Waals surface area contributed by atoms with Gasteiger partial charge in [-0.15, -0.1) is 0 Å². The topological polar surface area (TPSA) is 75.4 Å². The standard InChI is InChI=1S/C21H17F2N3O4S/c1-3-29-21-24-18-16(31-21)10-15(12-4-9-17(27)25(2)11-12)19(28)26(18)13-5-7-14(8-6-13)30-20(22)23/h4-11,20H,3H2,1-2H3. The SMILES string of the molecule is CCOc1nc2c(cc(-c3ccc(=O)n(C)c3)c(=O)n2-c2ccc(OC(F)F)cc2)s1. The van der Waals surface area contributed by atoms with Crippen LogP contribution in [0.5, 0.6) is 10.9 Å². The summed E-state index contributed by atoms with van der Waals surface area (Å²) in [6.07, 6.45) is 1.58. The normalized spacial score (nSPS) is 11.3. The molecule has 31 heavy (non-hydrogen) atoms. The van der Waals surface area contributed by atoms with Crippen LogP contribution < -0.4 is 20.6 Å². The number of thiazole rings is 1. The van der Waals surface area contributed by atoms with Crippen LogP contribution in [0, 0.1) is 0 Å². The Hall–Kier alpha value is -3.53. The van der Waals surface area contributed by atoms with Gasteiger partial charge in [0.25, 0.3) is 10.8 Å². The van der Waals surface area contributed by atoms with Gasteiger partial charge >= 0.3 is 6.61 Å². The third-order valence-electron chi connectivity index (χ3n) is 4.52. The molecule has 0 aliphatic carbocycles. The third kappa shape index (κ3) is 4.06. The molecule has 3 aromatic heterocycles. The molecule has 0 N–H and O–H groups in total. The lowest BCUT2D eigenvalue weighted by atomic mass is 10.1. The van der Waals surface area contributed by atoms with Crippen LogP contribution in [0.15, 0.2) is 58.3 Å². The fraction of sp³-hybridized carbons (Fsp3) is 0.190. The second-order valence-corrected chi connectivity index (χ2v) is 7.53. The molecule has 160 valence electrons. The predicted octanol–water partition coefficient (Wildman–Crippen LogP) is 3.81. The quantitative estimate of drug-likeness (QED) is 0.451. The molecular weight excluding hydrogens is 428 g/mol. The lowest BCUT2D eigenvalue weighted by molar-refractivity contribution is -0.0498. The van der Waals surface area contributed by atoms with Crippen LogP contribution in [0.1, 0.15) is 6.92 Å². The van der Waals surface area contributed by atoms with Crippen LogP contribution >= 0.6 is 11.3 Å². The Morgan fingerprint density at radius 3 is 2.52 bits per heavy atom. The first-order valence-corrected chi connectivity index (χ1v) is 10.1. The van der Waals surface area contributed by atoms with Crippen molar-refractivity contribution in [3.8, 4) is 27.8 Å². The van der Waals surface area contributed by atoms with Crippen LogP contribution in [0.2, 0.25) is 0 Å². The third-order valence-corrected chi connectivity index (χ3v) is 5.42. The first-order chi connectivity index (χ1) is 14.9. The van der Waals surface area contributed by atoms with Gasteiger partial charge in [0.1, 0.15) is 5.75 Å². The number of hydrogen-bond donors (Lipinski definition) is 0. The van der Waals surface area contributed by atoms with Crippen LogP contribution in [0.4, 0.5) is 8.78 Å². The zero-order valence-electron chi connectivity index (χ0n) is 16.5. The summed E-state index contributed by atoms with van der Waals surface area (Å²) in [7, 11) is 1.60. The van der Waals surface area contributed by atoms with Crippen LogP contribution in [-0.4, -0.2) is 27.3 Å². The van der Waals surface area contributed by atoms with E-state index in [2.05, 4.69) is 9.72 Å². The highest BCUT2D eigenvalue weighted by molar-refractivity contribution is 7.20. The van der Waals surface area contributed by atoms with Crippen LogP contribution in [0.25, 0.3) is 27.2 Å². The van der Waals surface area contributed by atoms with Crippen molar-refractivity contribution in [1.82, 2.24) is 14.1 Å². The number of fused-ring (bicyclic) bond motifs is 1. The summed E-state index contributed by atoms with van der Waals surface area (Å²) in [6.45, 7) is -0.700. The molecule has 0 aliphatic heterocycles. The monoisotopic (exact) mass is 445 g/mol. The van der Waals surface area contributed by atoms with Crippen molar-refractivity contribution in [3.63, 3.8) is 0 Å². The van der Waals surface area contributed by atoms with E-state index in [1.165, 1.54) is 50.8 Å². The van der Waals surface area contributed by atoms with Gasteiger partial charge in [-0.2, -0.15) is 13.8 Å². The molecule has 0 bridgehead atoms. The first kappa shape index (κ1) is 20.7. The molecular formula is C21H17F2N3O4S. The summed E-state index contributed by atoms with van der Waals surface area (Å²) in [5, 5.41) is 0.404. The molecule has 7 nitrogen and oxygen atoms in total. The molecule has 0 unspecified atom stereocenters. The zero-order chi connectivity index (χ0) is 22.1. The number of rotatable bonds is 6. The van der Waals surface area contributed by atoms with Crippen LogP contribution in [-0.2, 0) is 7.05 Å². The molecule has 4 rings (SSSR count). The van der Waals surface area contributed by atoms with Gasteiger partial charge < -0.3 is 14.0 Å². The van der Waals surface area contributed by atoms with E-state index >= 15 is 0 Å². The number of benzene rings is 1. The van der Waals surface area contributed by atoms with Crippen molar-refractivity contribution in [2.45, 2.75) is 13.5 Å². The molecule has 0 amide bonds. The smallest absolute Gasteiger partial charge is 0.387 e. The lowest BCUT2D eigenvalue weighted by Gasteiger charge is -2.11. The Morgan fingerprint density at radius 1 is 1.13 bits per heavy atom. The summed E-state index contributed by atoms with van der Waals surface area (Å²) in [6, 6.07) is 10.4. The van der Waals surface area contributed by atoms with Crippen molar-refractivity contribution in [1.29, 1.82) is 0 Å². The highest BCUT2D eigenvalue weighted by atomic mass is 32.1. The van der Waals surface area contributed by atoms with Crippen molar-refractivity contribution in [2.75, 3.05) is 6.61 Å². The number of halogens is 2. The molecule has 1 aromatic carbocycles. The molecule has 0 saturated heterocycles. The highest BCUT2D eigenvalue weighted by Crippen LogP contribution is 2.31. The van der Waals surface area contributed by atoms with Gasteiger partial charge in [0.15, 0.2) is 5.65 Å². The molecule has 10 heteroatoms. The second kappa shape index (κ2) is 8.31. The number of nitrogens with zero attached hydrogens (tertiary/aromatic N) is 3. The average molecular weight is 445 g/mol. The van der Waals surface area contributed by atoms with E-state index in [-0.39, 0.29) is 16.9 Å². The second-order valence-electron chi connectivity index (χ2n) is 6.54. The number of ether oxygens (including phenoxy) is 2. The lowest BCUT2D eigenvalue weighted by Crippen LogP contribution is -2.22. The van der Waals surface area contributed by atoms with Crippen molar-refractivity contribution >= 4 is 21.7 Å². The number of alkyl halides is 2. The molecule has 0 aliphatic rings. The largest absolute Gasteiger partial charge is 0.470 e. The van der Waals surface area contributed by atoms with Gasteiger partial charge in [-0.05, 0) is 43.3 Å². The predicted molar refractivity (Wildman–Crippen MR) is 114 cm³/mol. The highest BCUT2D eigenvalue weighted by Gasteiger charge is 2.18. The first-order valence-electron chi connectivity index (χ1n) is 9.29. The fourth-order valence-electron chi connectivity index (χ4n) is 3.13. The minimum absolute atomic E-state index is 0.0226. The number of aromatic nitrogens is 3. The minimum Gasteiger partial charge on any atom is -0.470 e. The van der Waals surface area contributed by atoms with Gasteiger partial charge in [-0.1, -0.05) is 11.3 Å². The Kier molecular flexibility index (Phi) is 5.55. The Bertz CT molecular complexity index is 1360. The molecule has 0 radical (unpaired) electrons. The van der Waals surface area contributed by atoms with E-state index in [0.29, 0.717) is 39.0 Å². The van der Waals surface area contributed by atoms with Gasteiger partial charge in [-0.3, -0.25) is 14.2 Å². The maximum atomic E-state index is 13.5. The Labute approximate surface area is 178 Å². The van der Waals surface area contributed by atoms with E-state index in [0.717, 1.165) is 0 Å². The molecule has 0 fully saturated rings. The van der Waals surface area contributed by atoms with E-state index < -0.39 is 6.61 Å². The minimum atomic E-state index is -2.94. The van der Waals surface area contributed by atoms with Crippen molar-refractivity contribution in [3.05, 3.63) is 69.4 Å². The number of aryl methyl sites for hydroxylation is 1. The van der Waals surface area contributed by atoms with Crippen LogP contribution in [0.3, 0.4) is 0 Å². The molecule has 3 heterocycles. The van der Waals surface area contributed by atoms with Gasteiger partial charge in [0, 0.05) is 24.9 Å². The average Bonchev–Trinajstić information content (AvgIpc) is 3.12. The Balaban J connectivity index is 1.95. The summed E-state index contributed by atoms with van der Waals surface area (Å²) in [5.41, 5.74) is 1.17. The summed E-state index contributed by atoms with van der Waals surface area (Å²) in [5.74, 6) is -0.0226. The van der Waals surface area contributed by atoms with E-state index in [1.807, 2.05) is 6.92 Å². The number of pyridine rings is 2.